The number of ether oxygens (including phenoxy) is 1. The molecule has 0 N–H and O–H groups in total. The average Bonchev–Trinajstić information content (AvgIpc) is 3.08. The summed E-state index contributed by atoms with van der Waals surface area (Å²) in [5, 5.41) is 8.13. The monoisotopic (exact) mass is 329 g/mol. The Balaban J connectivity index is 1.61. The second-order valence-electron chi connectivity index (χ2n) is 6.29. The number of rotatable bonds is 5. The van der Waals surface area contributed by atoms with Crippen molar-refractivity contribution in [1.29, 1.82) is 0 Å². The zero-order valence-electron chi connectivity index (χ0n) is 14.2. The lowest BCUT2D eigenvalue weighted by Crippen LogP contribution is -2.39. The van der Waals surface area contributed by atoms with Gasteiger partial charge in [0.05, 0.1) is 12.7 Å². The molecular weight excluding hydrogens is 306 g/mol. The highest BCUT2D eigenvalue weighted by molar-refractivity contribution is 5.76. The first kappa shape index (κ1) is 16.5. The van der Waals surface area contributed by atoms with E-state index in [4.69, 9.17) is 9.15 Å². The van der Waals surface area contributed by atoms with Gasteiger partial charge in [0.25, 0.3) is 5.89 Å². The van der Waals surface area contributed by atoms with Gasteiger partial charge in [-0.1, -0.05) is 19.1 Å². The van der Waals surface area contributed by atoms with Gasteiger partial charge in [0, 0.05) is 25.9 Å². The highest BCUT2D eigenvalue weighted by Gasteiger charge is 2.21. The molecule has 0 bridgehead atoms. The maximum Gasteiger partial charge on any atom is 0.251 e. The Morgan fingerprint density at radius 3 is 3.00 bits per heavy atom. The van der Waals surface area contributed by atoms with Crippen molar-refractivity contribution in [2.45, 2.75) is 32.6 Å². The van der Waals surface area contributed by atoms with Crippen molar-refractivity contribution < 1.29 is 13.9 Å². The second-order valence-corrected chi connectivity index (χ2v) is 6.29. The third-order valence-electron chi connectivity index (χ3n) is 4.37. The number of carbonyl (C=O) groups excluding carboxylic acids is 1. The van der Waals surface area contributed by atoms with Crippen LogP contribution in [-0.4, -0.2) is 41.2 Å². The smallest absolute Gasteiger partial charge is 0.251 e. The lowest BCUT2D eigenvalue weighted by Gasteiger charge is -2.30. The number of benzene rings is 1. The molecule has 1 atom stereocenters. The van der Waals surface area contributed by atoms with Crippen LogP contribution in [0.2, 0.25) is 0 Å². The number of para-hydroxylation sites is 1. The minimum absolute atomic E-state index is 0.165. The largest absolute Gasteiger partial charge is 0.496 e. The number of aromatic nitrogens is 2. The van der Waals surface area contributed by atoms with E-state index in [0.29, 0.717) is 36.3 Å². The molecule has 1 fully saturated rings. The number of carbonyl (C=O) groups is 1. The van der Waals surface area contributed by atoms with E-state index >= 15 is 0 Å². The average molecular weight is 329 g/mol. The summed E-state index contributed by atoms with van der Waals surface area (Å²) in [7, 11) is 1.61. The van der Waals surface area contributed by atoms with Gasteiger partial charge in [-0.2, -0.15) is 0 Å². The number of likely N-dealkylation sites (tertiary alicyclic amines) is 1. The van der Waals surface area contributed by atoms with Crippen LogP contribution in [0.1, 0.15) is 32.1 Å². The van der Waals surface area contributed by atoms with E-state index < -0.39 is 0 Å². The molecule has 6 heteroatoms. The van der Waals surface area contributed by atoms with Crippen molar-refractivity contribution in [3.05, 3.63) is 30.2 Å². The quantitative estimate of drug-likeness (QED) is 0.843. The predicted octanol–water partition coefficient (Wildman–Crippen LogP) is 2.94. The Kier molecular flexibility index (Phi) is 5.13. The number of piperidine rings is 1. The molecule has 0 aliphatic carbocycles. The number of hydrogen-bond donors (Lipinski definition) is 0. The normalized spacial score (nSPS) is 17.8. The van der Waals surface area contributed by atoms with Crippen LogP contribution in [0.15, 0.2) is 28.7 Å². The van der Waals surface area contributed by atoms with E-state index in [9.17, 15) is 4.79 Å². The molecule has 0 spiro atoms. The fraction of sp³-hybridized carbons (Fsp3) is 0.500. The molecule has 0 saturated carbocycles. The van der Waals surface area contributed by atoms with Gasteiger partial charge in [-0.15, -0.1) is 10.2 Å². The molecule has 2 heterocycles. The Morgan fingerprint density at radius 1 is 1.38 bits per heavy atom. The first-order valence-electron chi connectivity index (χ1n) is 8.41. The van der Waals surface area contributed by atoms with Gasteiger partial charge >= 0.3 is 0 Å². The van der Waals surface area contributed by atoms with Crippen LogP contribution >= 0.6 is 0 Å². The Labute approximate surface area is 141 Å². The van der Waals surface area contributed by atoms with Gasteiger partial charge in [-0.3, -0.25) is 4.79 Å². The third-order valence-corrected chi connectivity index (χ3v) is 4.37. The standard InChI is InChI=1S/C18H23N3O3/c1-13-6-5-11-21(12-13)17(22)10-9-16-19-20-18(24-16)14-7-3-4-8-15(14)23-2/h3-4,7-8,13H,5-6,9-12H2,1-2H3. The molecule has 2 aromatic rings. The fourth-order valence-corrected chi connectivity index (χ4v) is 3.07. The number of aryl methyl sites for hydroxylation is 1. The van der Waals surface area contributed by atoms with Gasteiger partial charge in [0.1, 0.15) is 5.75 Å². The van der Waals surface area contributed by atoms with E-state index in [1.165, 1.54) is 6.42 Å². The summed E-state index contributed by atoms with van der Waals surface area (Å²) in [6.45, 7) is 3.91. The molecular formula is C18H23N3O3. The second kappa shape index (κ2) is 7.47. The Morgan fingerprint density at radius 2 is 2.21 bits per heavy atom. The summed E-state index contributed by atoms with van der Waals surface area (Å²) >= 11 is 0. The summed E-state index contributed by atoms with van der Waals surface area (Å²) in [5.41, 5.74) is 0.759. The zero-order valence-corrected chi connectivity index (χ0v) is 14.2. The van der Waals surface area contributed by atoms with Gasteiger partial charge in [-0.05, 0) is 30.9 Å². The summed E-state index contributed by atoms with van der Waals surface area (Å²) in [6, 6.07) is 7.50. The minimum Gasteiger partial charge on any atom is -0.496 e. The van der Waals surface area contributed by atoms with Crippen molar-refractivity contribution in [2.24, 2.45) is 5.92 Å². The van der Waals surface area contributed by atoms with Gasteiger partial charge in [0.15, 0.2) is 0 Å². The summed E-state index contributed by atoms with van der Waals surface area (Å²) < 4.78 is 11.0. The Hall–Kier alpha value is -2.37. The lowest BCUT2D eigenvalue weighted by atomic mass is 10.00. The third kappa shape index (κ3) is 3.75. The maximum atomic E-state index is 12.3. The minimum atomic E-state index is 0.165. The molecule has 1 aromatic carbocycles. The van der Waals surface area contributed by atoms with E-state index in [-0.39, 0.29) is 5.91 Å². The summed E-state index contributed by atoms with van der Waals surface area (Å²) in [5.74, 6) is 2.34. The van der Waals surface area contributed by atoms with Crippen LogP contribution in [0.25, 0.3) is 11.5 Å². The molecule has 1 aliphatic heterocycles. The molecule has 24 heavy (non-hydrogen) atoms. The maximum absolute atomic E-state index is 12.3. The highest BCUT2D eigenvalue weighted by Crippen LogP contribution is 2.28. The van der Waals surface area contributed by atoms with Crippen LogP contribution in [0, 0.1) is 5.92 Å². The molecule has 1 unspecified atom stereocenters. The zero-order chi connectivity index (χ0) is 16.9. The molecule has 1 amide bonds. The van der Waals surface area contributed by atoms with Gasteiger partial charge < -0.3 is 14.1 Å². The van der Waals surface area contributed by atoms with Crippen LogP contribution in [-0.2, 0) is 11.2 Å². The molecule has 128 valence electrons. The summed E-state index contributed by atoms with van der Waals surface area (Å²) in [6.07, 6.45) is 3.16. The number of methoxy groups -OCH3 is 1. The molecule has 0 radical (unpaired) electrons. The number of amides is 1. The van der Waals surface area contributed by atoms with Crippen molar-refractivity contribution in [3.63, 3.8) is 0 Å². The van der Waals surface area contributed by atoms with Crippen molar-refractivity contribution >= 4 is 5.91 Å². The first-order valence-corrected chi connectivity index (χ1v) is 8.41. The predicted molar refractivity (Wildman–Crippen MR) is 89.6 cm³/mol. The van der Waals surface area contributed by atoms with Gasteiger partial charge in [-0.25, -0.2) is 0 Å². The molecule has 1 saturated heterocycles. The molecule has 3 rings (SSSR count). The number of hydrogen-bond acceptors (Lipinski definition) is 5. The molecule has 6 nitrogen and oxygen atoms in total. The fourth-order valence-electron chi connectivity index (χ4n) is 3.07. The van der Waals surface area contributed by atoms with Crippen molar-refractivity contribution in [3.8, 4) is 17.2 Å². The van der Waals surface area contributed by atoms with Crippen LogP contribution in [0.4, 0.5) is 0 Å². The van der Waals surface area contributed by atoms with E-state index in [1.54, 1.807) is 7.11 Å². The first-order chi connectivity index (χ1) is 11.7. The van der Waals surface area contributed by atoms with E-state index in [2.05, 4.69) is 17.1 Å². The SMILES string of the molecule is COc1ccccc1-c1nnc(CCC(=O)N2CCCC(C)C2)o1. The van der Waals surface area contributed by atoms with Crippen molar-refractivity contribution in [2.75, 3.05) is 20.2 Å². The lowest BCUT2D eigenvalue weighted by molar-refractivity contribution is -0.132. The van der Waals surface area contributed by atoms with Crippen LogP contribution in [0.3, 0.4) is 0 Å². The van der Waals surface area contributed by atoms with Crippen LogP contribution in [0.5, 0.6) is 5.75 Å². The van der Waals surface area contributed by atoms with E-state index in [1.807, 2.05) is 29.2 Å². The van der Waals surface area contributed by atoms with Crippen LogP contribution < -0.4 is 4.74 Å². The van der Waals surface area contributed by atoms with E-state index in [0.717, 1.165) is 25.1 Å². The molecule has 1 aromatic heterocycles. The molecule has 1 aliphatic rings. The van der Waals surface area contributed by atoms with Crippen molar-refractivity contribution in [1.82, 2.24) is 15.1 Å². The topological polar surface area (TPSA) is 68.5 Å². The Bertz CT molecular complexity index is 698. The van der Waals surface area contributed by atoms with Gasteiger partial charge in [0.2, 0.25) is 11.8 Å². The number of nitrogens with zero attached hydrogens (tertiary/aromatic N) is 3. The highest BCUT2D eigenvalue weighted by atomic mass is 16.5. The summed E-state index contributed by atoms with van der Waals surface area (Å²) in [4.78, 5) is 14.3.